The van der Waals surface area contributed by atoms with Gasteiger partial charge in [0.25, 0.3) is 0 Å². The SMILES string of the molecule is ClC(Cl)c1ccc(-c2ccc(Br)cc2)o1. The first-order valence-electron chi connectivity index (χ1n) is 4.30. The maximum Gasteiger partial charge on any atom is 0.165 e. The third-order valence-electron chi connectivity index (χ3n) is 1.97. The van der Waals surface area contributed by atoms with E-state index < -0.39 is 4.84 Å². The first-order chi connectivity index (χ1) is 7.16. The van der Waals surface area contributed by atoms with E-state index in [0.717, 1.165) is 15.8 Å². The maximum absolute atomic E-state index is 5.69. The van der Waals surface area contributed by atoms with Gasteiger partial charge in [-0.1, -0.05) is 51.3 Å². The van der Waals surface area contributed by atoms with Crippen molar-refractivity contribution in [2.24, 2.45) is 0 Å². The van der Waals surface area contributed by atoms with Crippen molar-refractivity contribution < 1.29 is 4.42 Å². The Labute approximate surface area is 106 Å². The first kappa shape index (κ1) is 11.1. The molecule has 0 aliphatic rings. The van der Waals surface area contributed by atoms with E-state index in [2.05, 4.69) is 15.9 Å². The molecule has 0 N–H and O–H groups in total. The lowest BCUT2D eigenvalue weighted by Crippen LogP contribution is -1.74. The number of alkyl halides is 2. The molecular weight excluding hydrogens is 299 g/mol. The van der Waals surface area contributed by atoms with Crippen molar-refractivity contribution in [3.8, 4) is 11.3 Å². The first-order valence-corrected chi connectivity index (χ1v) is 5.97. The van der Waals surface area contributed by atoms with Crippen molar-refractivity contribution in [2.45, 2.75) is 4.84 Å². The van der Waals surface area contributed by atoms with Gasteiger partial charge in [0.05, 0.1) is 0 Å². The van der Waals surface area contributed by atoms with Crippen LogP contribution in [0.4, 0.5) is 0 Å². The summed E-state index contributed by atoms with van der Waals surface area (Å²) in [7, 11) is 0. The van der Waals surface area contributed by atoms with Crippen molar-refractivity contribution in [1.82, 2.24) is 0 Å². The lowest BCUT2D eigenvalue weighted by Gasteiger charge is -1.98. The predicted octanol–water partition coefficient (Wildman–Crippen LogP) is 5.19. The molecule has 15 heavy (non-hydrogen) atoms. The molecule has 0 amide bonds. The molecule has 1 heterocycles. The summed E-state index contributed by atoms with van der Waals surface area (Å²) in [4.78, 5) is -0.616. The summed E-state index contributed by atoms with van der Waals surface area (Å²) in [6.07, 6.45) is 0. The van der Waals surface area contributed by atoms with Gasteiger partial charge in [-0.2, -0.15) is 0 Å². The molecule has 0 saturated carbocycles. The molecule has 78 valence electrons. The zero-order chi connectivity index (χ0) is 10.8. The van der Waals surface area contributed by atoms with Crippen LogP contribution >= 0.6 is 39.1 Å². The van der Waals surface area contributed by atoms with Crippen molar-refractivity contribution in [3.05, 3.63) is 46.6 Å². The van der Waals surface area contributed by atoms with Gasteiger partial charge in [0.15, 0.2) is 4.84 Å². The average molecular weight is 306 g/mol. The summed E-state index contributed by atoms with van der Waals surface area (Å²) in [5, 5.41) is 0. The van der Waals surface area contributed by atoms with Crippen LogP contribution in [0.5, 0.6) is 0 Å². The van der Waals surface area contributed by atoms with Crippen LogP contribution in [-0.4, -0.2) is 0 Å². The van der Waals surface area contributed by atoms with Crippen LogP contribution in [0.25, 0.3) is 11.3 Å². The van der Waals surface area contributed by atoms with E-state index in [1.54, 1.807) is 6.07 Å². The van der Waals surface area contributed by atoms with Gasteiger partial charge in [0.2, 0.25) is 0 Å². The summed E-state index contributed by atoms with van der Waals surface area (Å²) >= 11 is 14.8. The Morgan fingerprint density at radius 3 is 2.20 bits per heavy atom. The summed E-state index contributed by atoms with van der Waals surface area (Å²) in [6.45, 7) is 0. The molecule has 2 aromatic rings. The topological polar surface area (TPSA) is 13.1 Å². The van der Waals surface area contributed by atoms with E-state index in [1.807, 2.05) is 30.3 Å². The fourth-order valence-corrected chi connectivity index (χ4v) is 1.74. The van der Waals surface area contributed by atoms with Crippen LogP contribution in [0.2, 0.25) is 0 Å². The predicted molar refractivity (Wildman–Crippen MR) is 66.3 cm³/mol. The molecule has 0 fully saturated rings. The number of halogens is 3. The second kappa shape index (κ2) is 4.60. The third-order valence-corrected chi connectivity index (χ3v) is 2.93. The Morgan fingerprint density at radius 2 is 1.67 bits per heavy atom. The Morgan fingerprint density at radius 1 is 1.00 bits per heavy atom. The fourth-order valence-electron chi connectivity index (χ4n) is 1.24. The molecule has 1 aromatic carbocycles. The minimum atomic E-state index is -0.616. The molecule has 0 radical (unpaired) electrons. The van der Waals surface area contributed by atoms with E-state index >= 15 is 0 Å². The van der Waals surface area contributed by atoms with Gasteiger partial charge in [-0.05, 0) is 24.3 Å². The lowest BCUT2D eigenvalue weighted by atomic mass is 10.2. The van der Waals surface area contributed by atoms with Crippen LogP contribution in [0.1, 0.15) is 10.6 Å². The Bertz CT molecular complexity index is 448. The van der Waals surface area contributed by atoms with Gasteiger partial charge in [-0.15, -0.1) is 0 Å². The molecule has 0 aliphatic heterocycles. The molecule has 0 atom stereocenters. The Hall–Kier alpha value is -0.440. The van der Waals surface area contributed by atoms with Crippen LogP contribution in [-0.2, 0) is 0 Å². The molecule has 0 bridgehead atoms. The monoisotopic (exact) mass is 304 g/mol. The maximum atomic E-state index is 5.69. The molecule has 0 unspecified atom stereocenters. The zero-order valence-electron chi connectivity index (χ0n) is 7.58. The minimum absolute atomic E-state index is 0.566. The Kier molecular flexibility index (Phi) is 3.39. The zero-order valence-corrected chi connectivity index (χ0v) is 10.7. The van der Waals surface area contributed by atoms with Gasteiger partial charge in [0, 0.05) is 10.0 Å². The fraction of sp³-hybridized carbons (Fsp3) is 0.0909. The van der Waals surface area contributed by atoms with Gasteiger partial charge in [-0.3, -0.25) is 0 Å². The van der Waals surface area contributed by atoms with Crippen molar-refractivity contribution in [3.63, 3.8) is 0 Å². The number of furan rings is 1. The Balaban J connectivity index is 2.33. The highest BCUT2D eigenvalue weighted by Crippen LogP contribution is 2.30. The normalized spacial score (nSPS) is 10.9. The second-order valence-corrected chi connectivity index (χ2v) is 5.02. The van der Waals surface area contributed by atoms with Gasteiger partial charge < -0.3 is 4.42 Å². The van der Waals surface area contributed by atoms with E-state index in [-0.39, 0.29) is 0 Å². The van der Waals surface area contributed by atoms with Crippen LogP contribution in [0.15, 0.2) is 45.3 Å². The van der Waals surface area contributed by atoms with Crippen molar-refractivity contribution in [2.75, 3.05) is 0 Å². The number of benzene rings is 1. The highest BCUT2D eigenvalue weighted by Gasteiger charge is 2.10. The summed E-state index contributed by atoms with van der Waals surface area (Å²) in [5.74, 6) is 1.33. The minimum Gasteiger partial charge on any atom is -0.458 e. The quantitative estimate of drug-likeness (QED) is 0.696. The average Bonchev–Trinajstić information content (AvgIpc) is 2.68. The molecule has 0 spiro atoms. The van der Waals surface area contributed by atoms with E-state index in [0.29, 0.717) is 5.76 Å². The molecule has 0 aliphatic carbocycles. The molecule has 1 nitrogen and oxygen atoms in total. The number of rotatable bonds is 2. The van der Waals surface area contributed by atoms with Crippen LogP contribution in [0.3, 0.4) is 0 Å². The van der Waals surface area contributed by atoms with Gasteiger partial charge in [0.1, 0.15) is 11.5 Å². The lowest BCUT2D eigenvalue weighted by molar-refractivity contribution is 0.539. The standard InChI is InChI=1S/C11H7BrCl2O/c12-8-3-1-7(2-4-8)9-5-6-10(15-9)11(13)14/h1-6,11H. The highest BCUT2D eigenvalue weighted by atomic mass is 79.9. The molecule has 2 rings (SSSR count). The van der Waals surface area contributed by atoms with Gasteiger partial charge in [-0.25, -0.2) is 0 Å². The van der Waals surface area contributed by atoms with Crippen LogP contribution < -0.4 is 0 Å². The van der Waals surface area contributed by atoms with E-state index in [9.17, 15) is 0 Å². The van der Waals surface area contributed by atoms with Crippen molar-refractivity contribution in [1.29, 1.82) is 0 Å². The molecule has 4 heteroatoms. The summed E-state index contributed by atoms with van der Waals surface area (Å²) in [5.41, 5.74) is 0.999. The van der Waals surface area contributed by atoms with E-state index in [4.69, 9.17) is 27.6 Å². The number of hydrogen-bond acceptors (Lipinski definition) is 1. The molecular formula is C11H7BrCl2O. The van der Waals surface area contributed by atoms with Gasteiger partial charge >= 0.3 is 0 Å². The molecule has 0 saturated heterocycles. The van der Waals surface area contributed by atoms with E-state index in [1.165, 1.54) is 0 Å². The highest BCUT2D eigenvalue weighted by molar-refractivity contribution is 9.10. The van der Waals surface area contributed by atoms with Crippen molar-refractivity contribution >= 4 is 39.1 Å². The summed E-state index contributed by atoms with van der Waals surface area (Å²) < 4.78 is 6.52. The molecule has 1 aromatic heterocycles. The smallest absolute Gasteiger partial charge is 0.165 e. The number of hydrogen-bond donors (Lipinski definition) is 0. The third kappa shape index (κ3) is 2.57. The largest absolute Gasteiger partial charge is 0.458 e. The second-order valence-electron chi connectivity index (χ2n) is 3.01. The van der Waals surface area contributed by atoms with Crippen LogP contribution in [0, 0.1) is 0 Å². The summed E-state index contributed by atoms with van der Waals surface area (Å²) in [6, 6.07) is 11.5.